The van der Waals surface area contributed by atoms with Crippen molar-refractivity contribution in [2.24, 2.45) is 5.73 Å². The molecule has 1 aromatic rings. The third-order valence-electron chi connectivity index (χ3n) is 2.52. The molecule has 2 rings (SSSR count). The van der Waals surface area contributed by atoms with E-state index in [9.17, 15) is 8.78 Å². The van der Waals surface area contributed by atoms with Crippen LogP contribution in [-0.2, 0) is 0 Å². The molecule has 0 radical (unpaired) electrons. The van der Waals surface area contributed by atoms with Gasteiger partial charge in [-0.15, -0.1) is 0 Å². The highest BCUT2D eigenvalue weighted by Crippen LogP contribution is 2.32. The lowest BCUT2D eigenvalue weighted by Gasteiger charge is -2.20. The highest BCUT2D eigenvalue weighted by Gasteiger charge is 2.24. The number of hydrogen-bond acceptors (Lipinski definition) is 2. The number of hydrogen-bond donors (Lipinski definition) is 1. The second-order valence-electron chi connectivity index (χ2n) is 3.71. The van der Waals surface area contributed by atoms with Gasteiger partial charge in [0.15, 0.2) is 5.82 Å². The van der Waals surface area contributed by atoms with Crippen molar-refractivity contribution in [3.8, 4) is 0 Å². The summed E-state index contributed by atoms with van der Waals surface area (Å²) < 4.78 is 26.8. The summed E-state index contributed by atoms with van der Waals surface area (Å²) in [5, 5.41) is 0. The third-order valence-corrected chi connectivity index (χ3v) is 3.13. The Hall–Kier alpha value is -0.680. The van der Waals surface area contributed by atoms with E-state index < -0.39 is 11.6 Å². The van der Waals surface area contributed by atoms with Crippen LogP contribution in [-0.4, -0.2) is 19.1 Å². The molecule has 0 aliphatic carbocycles. The van der Waals surface area contributed by atoms with Crippen LogP contribution in [0.1, 0.15) is 6.42 Å². The second-order valence-corrected chi connectivity index (χ2v) is 4.57. The van der Waals surface area contributed by atoms with Crippen LogP contribution in [0.2, 0.25) is 0 Å². The van der Waals surface area contributed by atoms with Crippen LogP contribution >= 0.6 is 15.9 Å². The van der Waals surface area contributed by atoms with Crippen molar-refractivity contribution in [2.45, 2.75) is 12.5 Å². The fourth-order valence-electron chi connectivity index (χ4n) is 1.83. The largest absolute Gasteiger partial charge is 0.367 e. The highest BCUT2D eigenvalue weighted by molar-refractivity contribution is 9.10. The van der Waals surface area contributed by atoms with Crippen molar-refractivity contribution in [3.05, 3.63) is 28.2 Å². The molecular formula is C10H11BrF2N2. The summed E-state index contributed by atoms with van der Waals surface area (Å²) in [6, 6.07) is 2.23. The molecule has 1 heterocycles. The standard InChI is InChI=1S/C10H11BrF2N2/c11-8-3-6(12)4-9(13)10(8)15-2-1-7(14)5-15/h3-4,7H,1-2,5,14H2. The van der Waals surface area contributed by atoms with Gasteiger partial charge in [-0.25, -0.2) is 8.78 Å². The summed E-state index contributed by atoms with van der Waals surface area (Å²) in [6.45, 7) is 1.32. The fraction of sp³-hybridized carbons (Fsp3) is 0.400. The van der Waals surface area contributed by atoms with Crippen molar-refractivity contribution < 1.29 is 8.78 Å². The van der Waals surface area contributed by atoms with Gasteiger partial charge in [0, 0.05) is 29.7 Å². The normalized spacial score (nSPS) is 21.1. The molecular weight excluding hydrogens is 266 g/mol. The average Bonchev–Trinajstić information content (AvgIpc) is 2.49. The molecule has 0 bridgehead atoms. The van der Waals surface area contributed by atoms with Crippen LogP contribution < -0.4 is 10.6 Å². The molecule has 0 amide bonds. The van der Waals surface area contributed by atoms with Crippen LogP contribution in [0.5, 0.6) is 0 Å². The van der Waals surface area contributed by atoms with E-state index in [1.165, 1.54) is 6.07 Å². The van der Waals surface area contributed by atoms with Gasteiger partial charge in [-0.05, 0) is 28.4 Å². The summed E-state index contributed by atoms with van der Waals surface area (Å²) in [7, 11) is 0. The summed E-state index contributed by atoms with van der Waals surface area (Å²) in [5.74, 6) is -1.12. The SMILES string of the molecule is NC1CCN(c2c(F)cc(F)cc2Br)C1. The molecule has 1 saturated heterocycles. The first kappa shape index (κ1) is 10.8. The lowest BCUT2D eigenvalue weighted by Crippen LogP contribution is -2.27. The number of nitrogens with zero attached hydrogens (tertiary/aromatic N) is 1. The maximum atomic E-state index is 13.5. The quantitative estimate of drug-likeness (QED) is 0.853. The minimum Gasteiger partial charge on any atom is -0.367 e. The van der Waals surface area contributed by atoms with Crippen LogP contribution in [0.15, 0.2) is 16.6 Å². The van der Waals surface area contributed by atoms with Gasteiger partial charge in [0.25, 0.3) is 0 Å². The Kier molecular flexibility index (Phi) is 2.93. The monoisotopic (exact) mass is 276 g/mol. The number of halogens is 3. The van der Waals surface area contributed by atoms with E-state index in [4.69, 9.17) is 5.73 Å². The van der Waals surface area contributed by atoms with Crippen LogP contribution in [0, 0.1) is 11.6 Å². The Morgan fingerprint density at radius 1 is 1.40 bits per heavy atom. The van der Waals surface area contributed by atoms with Crippen LogP contribution in [0.3, 0.4) is 0 Å². The first-order chi connectivity index (χ1) is 7.08. The summed E-state index contributed by atoms with van der Waals surface area (Å²) in [6.07, 6.45) is 0.837. The lowest BCUT2D eigenvalue weighted by atomic mass is 10.2. The molecule has 2 nitrogen and oxygen atoms in total. The summed E-state index contributed by atoms with van der Waals surface area (Å²) >= 11 is 3.17. The van der Waals surface area contributed by atoms with E-state index in [2.05, 4.69) is 15.9 Å². The molecule has 15 heavy (non-hydrogen) atoms. The average molecular weight is 277 g/mol. The Morgan fingerprint density at radius 2 is 2.13 bits per heavy atom. The predicted molar refractivity (Wildman–Crippen MR) is 58.9 cm³/mol. The second kappa shape index (κ2) is 4.06. The Morgan fingerprint density at radius 3 is 2.67 bits per heavy atom. The molecule has 5 heteroatoms. The maximum Gasteiger partial charge on any atom is 0.150 e. The minimum atomic E-state index is -0.577. The fourth-order valence-corrected chi connectivity index (χ4v) is 2.49. The first-order valence-electron chi connectivity index (χ1n) is 4.73. The van der Waals surface area contributed by atoms with Gasteiger partial charge in [-0.3, -0.25) is 0 Å². The number of benzene rings is 1. The minimum absolute atomic E-state index is 0.0707. The lowest BCUT2D eigenvalue weighted by molar-refractivity contribution is 0.579. The van der Waals surface area contributed by atoms with Crippen molar-refractivity contribution >= 4 is 21.6 Å². The summed E-state index contributed by atoms with van der Waals surface area (Å²) in [4.78, 5) is 1.84. The predicted octanol–water partition coefficient (Wildman–Crippen LogP) is 2.26. The topological polar surface area (TPSA) is 29.3 Å². The molecule has 1 aliphatic rings. The van der Waals surface area contributed by atoms with E-state index >= 15 is 0 Å². The van der Waals surface area contributed by atoms with Gasteiger partial charge in [0.05, 0.1) is 5.69 Å². The Labute approximate surface area is 95.2 Å². The molecule has 0 spiro atoms. The molecule has 1 aromatic carbocycles. The van der Waals surface area contributed by atoms with E-state index in [-0.39, 0.29) is 6.04 Å². The van der Waals surface area contributed by atoms with Gasteiger partial charge in [-0.1, -0.05) is 0 Å². The van der Waals surface area contributed by atoms with Gasteiger partial charge in [0.1, 0.15) is 5.82 Å². The first-order valence-corrected chi connectivity index (χ1v) is 5.52. The zero-order chi connectivity index (χ0) is 11.0. The van der Waals surface area contributed by atoms with Crippen molar-refractivity contribution in [3.63, 3.8) is 0 Å². The van der Waals surface area contributed by atoms with E-state index in [0.29, 0.717) is 23.2 Å². The summed E-state index contributed by atoms with van der Waals surface area (Å²) in [5.41, 5.74) is 6.15. The van der Waals surface area contributed by atoms with Crippen molar-refractivity contribution in [1.82, 2.24) is 0 Å². The third kappa shape index (κ3) is 2.13. The molecule has 0 aromatic heterocycles. The van der Waals surface area contributed by atoms with Gasteiger partial charge in [-0.2, -0.15) is 0 Å². The van der Waals surface area contributed by atoms with E-state index in [1.54, 1.807) is 0 Å². The molecule has 1 atom stereocenters. The molecule has 2 N–H and O–H groups in total. The molecule has 0 saturated carbocycles. The maximum absolute atomic E-state index is 13.5. The molecule has 1 unspecified atom stereocenters. The Bertz CT molecular complexity index is 361. The van der Waals surface area contributed by atoms with E-state index in [0.717, 1.165) is 12.5 Å². The van der Waals surface area contributed by atoms with E-state index in [1.807, 2.05) is 4.90 Å². The van der Waals surface area contributed by atoms with Gasteiger partial charge >= 0.3 is 0 Å². The Balaban J connectivity index is 2.35. The number of nitrogens with two attached hydrogens (primary N) is 1. The van der Waals surface area contributed by atoms with Crippen molar-refractivity contribution in [2.75, 3.05) is 18.0 Å². The highest BCUT2D eigenvalue weighted by atomic mass is 79.9. The zero-order valence-corrected chi connectivity index (χ0v) is 9.60. The number of rotatable bonds is 1. The van der Waals surface area contributed by atoms with Crippen LogP contribution in [0.25, 0.3) is 0 Å². The van der Waals surface area contributed by atoms with Crippen molar-refractivity contribution in [1.29, 1.82) is 0 Å². The van der Waals surface area contributed by atoms with Crippen LogP contribution in [0.4, 0.5) is 14.5 Å². The smallest absolute Gasteiger partial charge is 0.150 e. The van der Waals surface area contributed by atoms with Gasteiger partial charge in [0.2, 0.25) is 0 Å². The van der Waals surface area contributed by atoms with Gasteiger partial charge < -0.3 is 10.6 Å². The molecule has 1 fully saturated rings. The zero-order valence-electron chi connectivity index (χ0n) is 8.01. The molecule has 82 valence electrons. The number of anilines is 1. The molecule has 1 aliphatic heterocycles.